The molecule has 2 aliphatic heterocycles. The quantitative estimate of drug-likeness (QED) is 0.901. The molecule has 138 valence electrons. The van der Waals surface area contributed by atoms with Crippen molar-refractivity contribution >= 4 is 33.1 Å². The maximum absolute atomic E-state index is 12.1. The zero-order valence-electron chi connectivity index (χ0n) is 14.9. The highest BCUT2D eigenvalue weighted by atomic mass is 32.1. The van der Waals surface area contributed by atoms with E-state index in [1.807, 2.05) is 12.1 Å². The second-order valence-electron chi connectivity index (χ2n) is 7.92. The van der Waals surface area contributed by atoms with E-state index in [1.165, 1.54) is 50.2 Å². The molecule has 3 heterocycles. The van der Waals surface area contributed by atoms with E-state index in [1.54, 1.807) is 16.2 Å². The number of thiazole rings is 1. The number of nitrogens with zero attached hydrogens (tertiary/aromatic N) is 3. The SMILES string of the molecule is O=C1[C@@H](O)CCN1c1ccc2nc(C3CC(N4CCCCC4)C3)sc2c1. The number of likely N-dealkylation sites (tertiary alicyclic amines) is 1. The maximum atomic E-state index is 12.1. The minimum Gasteiger partial charge on any atom is -0.383 e. The highest BCUT2D eigenvalue weighted by Crippen LogP contribution is 2.43. The van der Waals surface area contributed by atoms with Crippen LogP contribution in [-0.2, 0) is 4.79 Å². The average Bonchev–Trinajstić information content (AvgIpc) is 3.18. The number of carbonyl (C=O) groups is 1. The van der Waals surface area contributed by atoms with Crippen LogP contribution in [-0.4, -0.2) is 52.7 Å². The molecule has 3 aliphatic rings. The number of hydrogen-bond acceptors (Lipinski definition) is 5. The van der Waals surface area contributed by atoms with Crippen molar-refractivity contribution in [3.05, 3.63) is 23.2 Å². The van der Waals surface area contributed by atoms with Crippen LogP contribution in [0.15, 0.2) is 18.2 Å². The van der Waals surface area contributed by atoms with Gasteiger partial charge in [-0.15, -0.1) is 11.3 Å². The van der Waals surface area contributed by atoms with Crippen LogP contribution in [0.1, 0.15) is 49.5 Å². The van der Waals surface area contributed by atoms with Crippen molar-refractivity contribution in [2.24, 2.45) is 0 Å². The molecule has 3 fully saturated rings. The molecule has 1 saturated carbocycles. The Balaban J connectivity index is 1.31. The standard InChI is InChI=1S/C20H25N3O2S/c24-17-6-9-23(20(17)25)14-4-5-16-18(12-14)26-19(21-16)13-10-15(11-13)22-7-2-1-3-8-22/h4-5,12-13,15,17,24H,1-3,6-11H2/t13?,15?,17-/m0/s1. The van der Waals surface area contributed by atoms with Crippen molar-refractivity contribution in [3.8, 4) is 0 Å². The third-order valence-electron chi connectivity index (χ3n) is 6.25. The summed E-state index contributed by atoms with van der Waals surface area (Å²) in [4.78, 5) is 21.3. The molecule has 1 aliphatic carbocycles. The molecule has 0 unspecified atom stereocenters. The van der Waals surface area contributed by atoms with Gasteiger partial charge in [-0.3, -0.25) is 4.79 Å². The molecule has 6 heteroatoms. The van der Waals surface area contributed by atoms with Gasteiger partial charge in [0.15, 0.2) is 0 Å². The molecule has 2 saturated heterocycles. The topological polar surface area (TPSA) is 56.7 Å². The van der Waals surface area contributed by atoms with Crippen LogP contribution in [0.3, 0.4) is 0 Å². The Hall–Kier alpha value is -1.50. The van der Waals surface area contributed by atoms with Gasteiger partial charge in [-0.1, -0.05) is 6.42 Å². The number of aliphatic hydroxyl groups is 1. The molecule has 1 N–H and O–H groups in total. The molecule has 0 radical (unpaired) electrons. The molecule has 5 nitrogen and oxygen atoms in total. The molecule has 1 aromatic heterocycles. The number of hydrogen-bond donors (Lipinski definition) is 1. The van der Waals surface area contributed by atoms with Gasteiger partial charge in [-0.2, -0.15) is 0 Å². The third kappa shape index (κ3) is 2.84. The minimum absolute atomic E-state index is 0.183. The van der Waals surface area contributed by atoms with Gasteiger partial charge in [0.05, 0.1) is 15.2 Å². The fourth-order valence-corrected chi connectivity index (χ4v) is 5.69. The molecule has 26 heavy (non-hydrogen) atoms. The average molecular weight is 372 g/mol. The molecule has 2 aromatic rings. The first-order valence-corrected chi connectivity index (χ1v) is 10.6. The maximum Gasteiger partial charge on any atom is 0.255 e. The summed E-state index contributed by atoms with van der Waals surface area (Å²) in [5.74, 6) is 0.412. The first kappa shape index (κ1) is 16.7. The van der Waals surface area contributed by atoms with Crippen molar-refractivity contribution in [1.82, 2.24) is 9.88 Å². The van der Waals surface area contributed by atoms with E-state index in [2.05, 4.69) is 11.0 Å². The van der Waals surface area contributed by atoms with Gasteiger partial charge in [-0.05, 0) is 57.0 Å². The summed E-state index contributed by atoms with van der Waals surface area (Å²) in [6.45, 7) is 3.14. The molecule has 1 atom stereocenters. The molecule has 1 amide bonds. The number of anilines is 1. The van der Waals surface area contributed by atoms with Gasteiger partial charge in [0.25, 0.3) is 5.91 Å². The zero-order chi connectivity index (χ0) is 17.7. The molecular weight excluding hydrogens is 346 g/mol. The second-order valence-corrected chi connectivity index (χ2v) is 8.98. The molecule has 0 bridgehead atoms. The van der Waals surface area contributed by atoms with E-state index in [-0.39, 0.29) is 5.91 Å². The summed E-state index contributed by atoms with van der Waals surface area (Å²) in [5.41, 5.74) is 1.91. The summed E-state index contributed by atoms with van der Waals surface area (Å²) in [5, 5.41) is 10.9. The fourth-order valence-electron chi connectivity index (χ4n) is 4.57. The highest BCUT2D eigenvalue weighted by molar-refractivity contribution is 7.18. The van der Waals surface area contributed by atoms with Crippen molar-refractivity contribution in [2.75, 3.05) is 24.5 Å². The predicted octanol–water partition coefficient (Wildman–Crippen LogP) is 3.13. The van der Waals surface area contributed by atoms with Crippen LogP contribution in [0.5, 0.6) is 0 Å². The van der Waals surface area contributed by atoms with E-state index in [0.717, 1.165) is 21.9 Å². The van der Waals surface area contributed by atoms with Crippen LogP contribution < -0.4 is 4.90 Å². The summed E-state index contributed by atoms with van der Waals surface area (Å²) in [7, 11) is 0. The van der Waals surface area contributed by atoms with Gasteiger partial charge in [0.2, 0.25) is 0 Å². The lowest BCUT2D eigenvalue weighted by molar-refractivity contribution is -0.123. The Labute approximate surface area is 157 Å². The number of rotatable bonds is 3. The predicted molar refractivity (Wildman–Crippen MR) is 104 cm³/mol. The number of aromatic nitrogens is 1. The number of aliphatic hydroxyl groups excluding tert-OH is 1. The summed E-state index contributed by atoms with van der Waals surface area (Å²) >= 11 is 1.77. The Morgan fingerprint density at radius 2 is 1.92 bits per heavy atom. The molecular formula is C20H25N3O2S. The molecule has 5 rings (SSSR count). The smallest absolute Gasteiger partial charge is 0.255 e. The zero-order valence-corrected chi connectivity index (χ0v) is 15.7. The van der Waals surface area contributed by atoms with Gasteiger partial charge in [-0.25, -0.2) is 4.98 Å². The summed E-state index contributed by atoms with van der Waals surface area (Å²) in [6, 6.07) is 6.79. The lowest BCUT2D eigenvalue weighted by Crippen LogP contribution is -2.46. The number of benzene rings is 1. The van der Waals surface area contributed by atoms with Crippen LogP contribution >= 0.6 is 11.3 Å². The number of piperidine rings is 1. The van der Waals surface area contributed by atoms with Gasteiger partial charge in [0.1, 0.15) is 6.10 Å². The van der Waals surface area contributed by atoms with Gasteiger partial charge >= 0.3 is 0 Å². The highest BCUT2D eigenvalue weighted by Gasteiger charge is 2.36. The van der Waals surface area contributed by atoms with E-state index < -0.39 is 6.10 Å². The van der Waals surface area contributed by atoms with Crippen molar-refractivity contribution in [2.45, 2.75) is 56.6 Å². The number of carbonyl (C=O) groups excluding carboxylic acids is 1. The van der Waals surface area contributed by atoms with Crippen molar-refractivity contribution in [1.29, 1.82) is 0 Å². The van der Waals surface area contributed by atoms with Gasteiger partial charge < -0.3 is 14.9 Å². The molecule has 0 spiro atoms. The third-order valence-corrected chi connectivity index (χ3v) is 7.43. The first-order chi connectivity index (χ1) is 12.7. The Morgan fingerprint density at radius 3 is 2.65 bits per heavy atom. The van der Waals surface area contributed by atoms with Crippen molar-refractivity contribution < 1.29 is 9.90 Å². The summed E-state index contributed by atoms with van der Waals surface area (Å²) in [6.07, 6.45) is 6.26. The van der Waals surface area contributed by atoms with E-state index >= 15 is 0 Å². The summed E-state index contributed by atoms with van der Waals surface area (Å²) < 4.78 is 1.15. The Bertz CT molecular complexity index is 824. The first-order valence-electron chi connectivity index (χ1n) is 9.83. The van der Waals surface area contributed by atoms with Crippen molar-refractivity contribution in [3.63, 3.8) is 0 Å². The monoisotopic (exact) mass is 371 g/mol. The molecule has 1 aromatic carbocycles. The van der Waals surface area contributed by atoms with E-state index in [9.17, 15) is 9.90 Å². The lowest BCUT2D eigenvalue weighted by atomic mass is 9.79. The Kier molecular flexibility index (Phi) is 4.22. The Morgan fingerprint density at radius 1 is 1.12 bits per heavy atom. The van der Waals surface area contributed by atoms with Crippen LogP contribution in [0, 0.1) is 0 Å². The van der Waals surface area contributed by atoms with Crippen LogP contribution in [0.4, 0.5) is 5.69 Å². The second kappa shape index (κ2) is 6.59. The van der Waals surface area contributed by atoms with Gasteiger partial charge in [0, 0.05) is 30.6 Å². The van der Waals surface area contributed by atoms with Crippen LogP contribution in [0.2, 0.25) is 0 Å². The normalized spacial score (nSPS) is 30.1. The largest absolute Gasteiger partial charge is 0.383 e. The van der Waals surface area contributed by atoms with Crippen LogP contribution in [0.25, 0.3) is 10.2 Å². The number of fused-ring (bicyclic) bond motifs is 1. The lowest BCUT2D eigenvalue weighted by Gasteiger charge is -2.43. The van der Waals surface area contributed by atoms with E-state index in [4.69, 9.17) is 4.98 Å². The number of amides is 1. The minimum atomic E-state index is -0.843. The van der Waals surface area contributed by atoms with E-state index in [0.29, 0.717) is 18.9 Å². The fraction of sp³-hybridized carbons (Fsp3) is 0.600.